The van der Waals surface area contributed by atoms with Gasteiger partial charge in [0.15, 0.2) is 6.19 Å². The Morgan fingerprint density at radius 3 is 1.29 bits per heavy atom. The Morgan fingerprint density at radius 2 is 1.29 bits per heavy atom. The number of hydrogen-bond acceptors (Lipinski definition) is 4. The van der Waals surface area contributed by atoms with Crippen LogP contribution in [0.1, 0.15) is 0 Å². The van der Waals surface area contributed by atoms with Crippen molar-refractivity contribution in [3.8, 4) is 6.19 Å². The van der Waals surface area contributed by atoms with Crippen molar-refractivity contribution < 1.29 is 9.59 Å². The van der Waals surface area contributed by atoms with Gasteiger partial charge in [-0.05, 0) is 0 Å². The molecule has 0 aliphatic carbocycles. The van der Waals surface area contributed by atoms with Gasteiger partial charge in [-0.25, -0.2) is 0 Å². The molecule has 0 aliphatic rings. The lowest BCUT2D eigenvalue weighted by atomic mass is 11.5. The Morgan fingerprint density at radius 1 is 1.29 bits per heavy atom. The molecular formula is C3H6N2O2. The van der Waals surface area contributed by atoms with E-state index >= 15 is 0 Å². The molecule has 0 amide bonds. The first-order chi connectivity index (χ1) is 3.41. The quantitative estimate of drug-likeness (QED) is 0.316. The van der Waals surface area contributed by atoms with E-state index < -0.39 is 0 Å². The second-order valence-electron chi connectivity index (χ2n) is 0.129. The van der Waals surface area contributed by atoms with Gasteiger partial charge in [0.05, 0.1) is 0 Å². The van der Waals surface area contributed by atoms with Crippen molar-refractivity contribution in [1.82, 2.24) is 0 Å². The fourth-order valence-corrected chi connectivity index (χ4v) is 0. The summed E-state index contributed by atoms with van der Waals surface area (Å²) in [5, 5.41) is 7.10. The standard InChI is InChI=1S/CH2N2.2CH2O/c2-1-3;2*1-2/h2H2;2*1H2. The highest BCUT2D eigenvalue weighted by Crippen LogP contribution is 0.900. The van der Waals surface area contributed by atoms with Crippen LogP contribution in [0.4, 0.5) is 0 Å². The van der Waals surface area contributed by atoms with Gasteiger partial charge in [-0.3, -0.25) is 0 Å². The number of hydrogen-bond donors (Lipinski definition) is 1. The molecule has 0 saturated heterocycles. The van der Waals surface area contributed by atoms with Gasteiger partial charge in [-0.1, -0.05) is 0 Å². The fourth-order valence-electron chi connectivity index (χ4n) is 0. The molecule has 4 heteroatoms. The zero-order chi connectivity index (χ0) is 6.71. The van der Waals surface area contributed by atoms with Gasteiger partial charge in [0.2, 0.25) is 0 Å². The predicted molar refractivity (Wildman–Crippen MR) is 24.0 cm³/mol. The van der Waals surface area contributed by atoms with Gasteiger partial charge >= 0.3 is 0 Å². The Kier molecular flexibility index (Phi) is 1110. The summed E-state index contributed by atoms with van der Waals surface area (Å²) >= 11 is 0. The molecule has 0 aromatic rings. The smallest absolute Gasteiger partial charge is 0.173 e. The summed E-state index contributed by atoms with van der Waals surface area (Å²) in [6.07, 6.45) is 1.25. The zero-order valence-electron chi connectivity index (χ0n) is 3.76. The number of rotatable bonds is 0. The van der Waals surface area contributed by atoms with Gasteiger partial charge < -0.3 is 15.3 Å². The van der Waals surface area contributed by atoms with E-state index in [4.69, 9.17) is 14.9 Å². The summed E-state index contributed by atoms with van der Waals surface area (Å²) in [6.45, 7) is 4.00. The second kappa shape index (κ2) is 446. The van der Waals surface area contributed by atoms with Crippen molar-refractivity contribution in [3.63, 3.8) is 0 Å². The van der Waals surface area contributed by atoms with Crippen LogP contribution in [-0.4, -0.2) is 13.6 Å². The number of nitrogens with two attached hydrogens (primary N) is 1. The second-order valence-corrected chi connectivity index (χ2v) is 0.129. The van der Waals surface area contributed by atoms with E-state index in [2.05, 4.69) is 5.73 Å². The molecule has 0 bridgehead atoms. The summed E-state index contributed by atoms with van der Waals surface area (Å²) in [5.74, 6) is 0. The molecule has 0 radical (unpaired) electrons. The summed E-state index contributed by atoms with van der Waals surface area (Å²) in [7, 11) is 0. The summed E-state index contributed by atoms with van der Waals surface area (Å²) < 4.78 is 0. The molecule has 0 heterocycles. The van der Waals surface area contributed by atoms with Crippen LogP contribution < -0.4 is 5.73 Å². The predicted octanol–water partition coefficient (Wildman–Crippen LogP) is -0.944. The van der Waals surface area contributed by atoms with Crippen LogP contribution >= 0.6 is 0 Å². The largest absolute Gasteiger partial charge is 0.337 e. The lowest BCUT2D eigenvalue weighted by molar-refractivity contribution is -0.0987. The van der Waals surface area contributed by atoms with Crippen LogP contribution in [0.2, 0.25) is 0 Å². The van der Waals surface area contributed by atoms with Crippen molar-refractivity contribution in [1.29, 1.82) is 5.26 Å². The molecule has 40 valence electrons. The third-order valence-corrected chi connectivity index (χ3v) is 0. The Labute approximate surface area is 41.5 Å². The minimum atomic E-state index is 1.25. The normalized spacial score (nSPS) is 2.14. The van der Waals surface area contributed by atoms with E-state index in [0.29, 0.717) is 0 Å². The SMILES string of the molecule is C=O.C=O.N#CN. The minimum absolute atomic E-state index is 1.25. The Balaban J connectivity index is -0.0000000360. The monoisotopic (exact) mass is 102 g/mol. The third kappa shape index (κ3) is 17.1. The van der Waals surface area contributed by atoms with Crippen molar-refractivity contribution in [2.24, 2.45) is 5.73 Å². The maximum Gasteiger partial charge on any atom is 0.173 e. The highest BCUT2D eigenvalue weighted by atomic mass is 16.1. The third-order valence-electron chi connectivity index (χ3n) is 0. The van der Waals surface area contributed by atoms with Crippen molar-refractivity contribution in [3.05, 3.63) is 0 Å². The van der Waals surface area contributed by atoms with E-state index in [9.17, 15) is 0 Å². The molecule has 2 N–H and O–H groups in total. The van der Waals surface area contributed by atoms with Crippen LogP contribution in [-0.2, 0) is 9.59 Å². The maximum atomic E-state index is 8.00. The molecule has 0 aliphatic heterocycles. The average Bonchev–Trinajstić information content (AvgIpc) is 1.78. The van der Waals surface area contributed by atoms with Crippen molar-refractivity contribution in [2.45, 2.75) is 0 Å². The summed E-state index contributed by atoms with van der Waals surface area (Å²) in [5.41, 5.74) is 4.15. The van der Waals surface area contributed by atoms with Gasteiger partial charge in [0.1, 0.15) is 13.6 Å². The van der Waals surface area contributed by atoms with E-state index in [0.717, 1.165) is 0 Å². The maximum absolute atomic E-state index is 8.00. The van der Waals surface area contributed by atoms with Crippen LogP contribution in [0.25, 0.3) is 0 Å². The van der Waals surface area contributed by atoms with Crippen LogP contribution in [0.5, 0.6) is 0 Å². The molecule has 0 rings (SSSR count). The van der Waals surface area contributed by atoms with Crippen LogP contribution in [0.3, 0.4) is 0 Å². The summed E-state index contributed by atoms with van der Waals surface area (Å²) in [6, 6.07) is 0. The lowest BCUT2D eigenvalue weighted by Gasteiger charge is -1.24. The van der Waals surface area contributed by atoms with E-state index in [1.807, 2.05) is 13.6 Å². The van der Waals surface area contributed by atoms with Gasteiger partial charge in [0.25, 0.3) is 0 Å². The number of carbonyl (C=O) groups is 2. The molecule has 0 saturated carbocycles. The first-order valence-electron chi connectivity index (χ1n) is 1.09. The molecule has 0 aromatic heterocycles. The van der Waals surface area contributed by atoms with Crippen LogP contribution in [0.15, 0.2) is 0 Å². The fraction of sp³-hybridized carbons (Fsp3) is 0. The highest BCUT2D eigenvalue weighted by Gasteiger charge is 1.12. The van der Waals surface area contributed by atoms with Crippen molar-refractivity contribution in [2.75, 3.05) is 0 Å². The van der Waals surface area contributed by atoms with Gasteiger partial charge in [0, 0.05) is 0 Å². The highest BCUT2D eigenvalue weighted by molar-refractivity contribution is 5.11. The molecule has 0 spiro atoms. The Hall–Kier alpha value is -1.37. The average molecular weight is 102 g/mol. The van der Waals surface area contributed by atoms with E-state index in [-0.39, 0.29) is 0 Å². The minimum Gasteiger partial charge on any atom is -0.337 e. The molecule has 0 aromatic carbocycles. The molecule has 0 unspecified atom stereocenters. The molecule has 7 heavy (non-hydrogen) atoms. The van der Waals surface area contributed by atoms with Crippen molar-refractivity contribution >= 4 is 13.6 Å². The topological polar surface area (TPSA) is 84.0 Å². The van der Waals surface area contributed by atoms with E-state index in [1.54, 1.807) is 0 Å². The first-order valence-corrected chi connectivity index (χ1v) is 1.09. The van der Waals surface area contributed by atoms with Crippen LogP contribution in [0, 0.1) is 11.5 Å². The Bertz CT molecular complexity index is 47.4. The van der Waals surface area contributed by atoms with Gasteiger partial charge in [-0.2, -0.15) is 5.26 Å². The molecule has 0 fully saturated rings. The molecule has 0 atom stereocenters. The number of carbonyl (C=O) groups excluding carboxylic acids is 2. The first kappa shape index (κ1) is 17.4. The number of nitriles is 1. The summed E-state index contributed by atoms with van der Waals surface area (Å²) in [4.78, 5) is 16.0. The number of nitrogens with zero attached hydrogens (tertiary/aromatic N) is 1. The molecule has 4 nitrogen and oxygen atoms in total. The van der Waals surface area contributed by atoms with E-state index in [1.165, 1.54) is 6.19 Å². The lowest BCUT2D eigenvalue weighted by Crippen LogP contribution is -1.69. The zero-order valence-corrected chi connectivity index (χ0v) is 3.76. The van der Waals surface area contributed by atoms with Gasteiger partial charge in [-0.15, -0.1) is 0 Å². The molecular weight excluding hydrogens is 96.0 g/mol.